The molecule has 0 N–H and O–H groups in total. The lowest BCUT2D eigenvalue weighted by Crippen LogP contribution is -2.37. The molecule has 1 fully saturated rings. The van der Waals surface area contributed by atoms with Gasteiger partial charge in [-0.2, -0.15) is 0 Å². The third-order valence-electron chi connectivity index (χ3n) is 3.03. The molecule has 2 amide bonds. The summed E-state index contributed by atoms with van der Waals surface area (Å²) in [5.74, 6) is -0.223. The molecule has 1 radical (unpaired) electrons. The van der Waals surface area contributed by atoms with Crippen LogP contribution >= 0.6 is 23.2 Å². The minimum absolute atomic E-state index is 0.0785. The highest BCUT2D eigenvalue weighted by atomic mass is 35.5. The molecule has 1 aromatic rings. The topological polar surface area (TPSA) is 40.0 Å². The Kier molecular flexibility index (Phi) is 4.38. The number of likely N-dealkylation sites (tertiary alicyclic amines) is 1. The van der Waals surface area contributed by atoms with Crippen LogP contribution in [0.4, 0.5) is 0 Å². The van der Waals surface area contributed by atoms with E-state index in [4.69, 9.17) is 23.2 Å². The van der Waals surface area contributed by atoms with Crippen LogP contribution in [-0.4, -0.2) is 18.4 Å². The van der Waals surface area contributed by atoms with Crippen LogP contribution in [0.2, 0.25) is 10.0 Å². The maximum Gasteiger partial charge on any atom is 0.369 e. The quantitative estimate of drug-likeness (QED) is 0.801. The standard InChI is InChI=1S/C13H13Cl2NO2/c14-10-3-1-4-11(15)9(10)6-7-13(18)16-8-2-5-12(16)17/h1,3-4H,2,5-8H2/q+1. The van der Waals surface area contributed by atoms with Crippen molar-refractivity contribution in [3.05, 3.63) is 33.8 Å². The second-order valence-electron chi connectivity index (χ2n) is 4.24. The molecule has 0 bridgehead atoms. The van der Waals surface area contributed by atoms with Crippen molar-refractivity contribution >= 4 is 35.0 Å². The van der Waals surface area contributed by atoms with E-state index < -0.39 is 0 Å². The minimum atomic E-state index is -0.145. The average Bonchev–Trinajstić information content (AvgIpc) is 2.74. The van der Waals surface area contributed by atoms with Crippen LogP contribution in [0.5, 0.6) is 0 Å². The van der Waals surface area contributed by atoms with Crippen molar-refractivity contribution in [1.82, 2.24) is 4.90 Å². The number of rotatable bonds is 3. The zero-order valence-corrected chi connectivity index (χ0v) is 11.3. The molecule has 0 aliphatic carbocycles. The van der Waals surface area contributed by atoms with E-state index in [2.05, 4.69) is 0 Å². The van der Waals surface area contributed by atoms with Crippen LogP contribution in [0.15, 0.2) is 18.2 Å². The molecule has 1 aliphatic rings. The number of nitrogens with zero attached hydrogens (tertiary/aromatic N) is 1. The minimum Gasteiger partial charge on any atom is -0.225 e. The highest BCUT2D eigenvalue weighted by Crippen LogP contribution is 2.25. The molecule has 0 atom stereocenters. The molecule has 1 saturated heterocycles. The van der Waals surface area contributed by atoms with Gasteiger partial charge in [0.2, 0.25) is 0 Å². The maximum atomic E-state index is 11.9. The van der Waals surface area contributed by atoms with Gasteiger partial charge in [0.25, 0.3) is 0 Å². The van der Waals surface area contributed by atoms with Crippen LogP contribution in [0.1, 0.15) is 24.8 Å². The van der Waals surface area contributed by atoms with Crippen molar-refractivity contribution in [2.45, 2.75) is 25.7 Å². The monoisotopic (exact) mass is 285 g/mol. The van der Waals surface area contributed by atoms with Gasteiger partial charge in [0, 0.05) is 16.5 Å². The Morgan fingerprint density at radius 1 is 1.28 bits per heavy atom. The summed E-state index contributed by atoms with van der Waals surface area (Å²) in [6.07, 6.45) is 1.95. The first-order valence-electron chi connectivity index (χ1n) is 5.85. The van der Waals surface area contributed by atoms with Crippen LogP contribution in [-0.2, 0) is 16.0 Å². The summed E-state index contributed by atoms with van der Waals surface area (Å²) < 4.78 is 0. The maximum absolute atomic E-state index is 11.9. The Labute approximate surface area is 116 Å². The SMILES string of the molecule is O=C1CCC[N+]1C(=O)CCc1c(Cl)cccc1Cl. The third-order valence-corrected chi connectivity index (χ3v) is 3.73. The van der Waals surface area contributed by atoms with E-state index in [9.17, 15) is 9.59 Å². The number of carbonyl (C=O) groups excluding carboxylic acids is 2. The summed E-state index contributed by atoms with van der Waals surface area (Å²) in [5, 5.41) is 1.12. The van der Waals surface area contributed by atoms with Crippen molar-refractivity contribution < 1.29 is 9.59 Å². The largest absolute Gasteiger partial charge is 0.369 e. The van der Waals surface area contributed by atoms with Gasteiger partial charge in [0.1, 0.15) is 6.54 Å². The van der Waals surface area contributed by atoms with E-state index in [0.29, 0.717) is 29.4 Å². The highest BCUT2D eigenvalue weighted by Gasteiger charge is 2.38. The van der Waals surface area contributed by atoms with E-state index >= 15 is 0 Å². The van der Waals surface area contributed by atoms with Gasteiger partial charge < -0.3 is 0 Å². The first kappa shape index (κ1) is 13.5. The number of carbonyl (C=O) groups is 2. The lowest BCUT2D eigenvalue weighted by Gasteiger charge is -2.05. The smallest absolute Gasteiger partial charge is 0.225 e. The highest BCUT2D eigenvalue weighted by molar-refractivity contribution is 6.36. The Hall–Kier alpha value is -0.900. The Bertz CT molecular complexity index is 468. The van der Waals surface area contributed by atoms with Gasteiger partial charge in [-0.05, 0) is 29.0 Å². The Morgan fingerprint density at radius 2 is 1.94 bits per heavy atom. The molecule has 2 rings (SSSR count). The number of hydrogen-bond donors (Lipinski definition) is 0. The molecule has 18 heavy (non-hydrogen) atoms. The molecule has 0 spiro atoms. The van der Waals surface area contributed by atoms with Crippen LogP contribution < -0.4 is 4.90 Å². The third kappa shape index (κ3) is 2.91. The zero-order valence-electron chi connectivity index (χ0n) is 9.79. The normalized spacial score (nSPS) is 16.2. The fourth-order valence-corrected chi connectivity index (χ4v) is 2.64. The van der Waals surface area contributed by atoms with E-state index in [1.807, 2.05) is 0 Å². The molecule has 1 aliphatic heterocycles. The molecular formula is C13H13Cl2NO2+. The number of imide groups is 1. The second-order valence-corrected chi connectivity index (χ2v) is 5.06. The van der Waals surface area contributed by atoms with Gasteiger partial charge in [-0.3, -0.25) is 0 Å². The van der Waals surface area contributed by atoms with E-state index in [-0.39, 0.29) is 18.2 Å². The van der Waals surface area contributed by atoms with Gasteiger partial charge in [-0.25, -0.2) is 9.59 Å². The Morgan fingerprint density at radius 3 is 2.50 bits per heavy atom. The predicted molar refractivity (Wildman–Crippen MR) is 71.0 cm³/mol. The molecule has 5 heteroatoms. The molecule has 1 heterocycles. The van der Waals surface area contributed by atoms with Gasteiger partial charge in [-0.1, -0.05) is 29.3 Å². The van der Waals surface area contributed by atoms with E-state index in [0.717, 1.165) is 12.0 Å². The lowest BCUT2D eigenvalue weighted by molar-refractivity contribution is -0.135. The van der Waals surface area contributed by atoms with Gasteiger partial charge in [0.15, 0.2) is 0 Å². The van der Waals surface area contributed by atoms with Crippen molar-refractivity contribution in [3.8, 4) is 0 Å². The summed E-state index contributed by atoms with van der Waals surface area (Å²) in [5.41, 5.74) is 0.765. The first-order valence-corrected chi connectivity index (χ1v) is 6.61. The summed E-state index contributed by atoms with van der Waals surface area (Å²) in [6, 6.07) is 5.25. The van der Waals surface area contributed by atoms with E-state index in [1.165, 1.54) is 4.90 Å². The molecule has 0 unspecified atom stereocenters. The van der Waals surface area contributed by atoms with E-state index in [1.54, 1.807) is 18.2 Å². The second kappa shape index (κ2) is 5.83. The van der Waals surface area contributed by atoms with Crippen molar-refractivity contribution in [1.29, 1.82) is 0 Å². The number of halogens is 2. The van der Waals surface area contributed by atoms with Gasteiger partial charge in [-0.15, -0.1) is 0 Å². The summed E-state index contributed by atoms with van der Waals surface area (Å²) in [6.45, 7) is 0.536. The number of benzene rings is 1. The first-order chi connectivity index (χ1) is 8.59. The van der Waals surface area contributed by atoms with Gasteiger partial charge in [0.05, 0.1) is 12.8 Å². The van der Waals surface area contributed by atoms with Crippen molar-refractivity contribution in [3.63, 3.8) is 0 Å². The van der Waals surface area contributed by atoms with Gasteiger partial charge >= 0.3 is 11.8 Å². The summed E-state index contributed by atoms with van der Waals surface area (Å²) in [7, 11) is 0. The molecule has 3 nitrogen and oxygen atoms in total. The van der Waals surface area contributed by atoms with Crippen LogP contribution in [0, 0.1) is 0 Å². The fourth-order valence-electron chi connectivity index (χ4n) is 2.05. The average molecular weight is 286 g/mol. The zero-order chi connectivity index (χ0) is 13.1. The molecule has 0 aromatic heterocycles. The summed E-state index contributed by atoms with van der Waals surface area (Å²) >= 11 is 12.1. The fraction of sp³-hybridized carbons (Fsp3) is 0.385. The number of amides is 2. The van der Waals surface area contributed by atoms with Crippen molar-refractivity contribution in [2.24, 2.45) is 0 Å². The van der Waals surface area contributed by atoms with Crippen molar-refractivity contribution in [2.75, 3.05) is 6.54 Å². The molecular weight excluding hydrogens is 273 g/mol. The van der Waals surface area contributed by atoms with Crippen LogP contribution in [0.25, 0.3) is 0 Å². The molecule has 95 valence electrons. The Balaban J connectivity index is 1.99. The molecule has 1 aromatic carbocycles. The van der Waals surface area contributed by atoms with Crippen LogP contribution in [0.3, 0.4) is 0 Å². The summed E-state index contributed by atoms with van der Waals surface area (Å²) in [4.78, 5) is 24.6. The molecule has 0 saturated carbocycles. The number of hydrogen-bond acceptors (Lipinski definition) is 2. The lowest BCUT2D eigenvalue weighted by atomic mass is 10.1. The predicted octanol–water partition coefficient (Wildman–Crippen LogP) is 2.91.